The molecule has 0 radical (unpaired) electrons. The summed E-state index contributed by atoms with van der Waals surface area (Å²) in [4.78, 5) is 18.2. The van der Waals surface area contributed by atoms with E-state index in [1.807, 2.05) is 25.1 Å². The number of hydrogen-bond donors (Lipinski definition) is 1. The number of aromatic nitrogens is 1. The van der Waals surface area contributed by atoms with Gasteiger partial charge in [-0.25, -0.2) is 5.43 Å². The molecule has 8 nitrogen and oxygen atoms in total. The van der Waals surface area contributed by atoms with E-state index in [0.717, 1.165) is 38.4 Å². The van der Waals surface area contributed by atoms with Gasteiger partial charge in [-0.3, -0.25) is 14.7 Å². The standard InChI is InChI=1S/C21H26N4O4/c1-2-28-20-14-17(15-23-24-21(26)18-4-3-7-22-16-18)5-6-19(20)29-13-10-25-8-11-27-12-9-25/h3-7,14-16H,2,8-13H2,1H3,(H,24,26). The van der Waals surface area contributed by atoms with E-state index >= 15 is 0 Å². The predicted molar refractivity (Wildman–Crippen MR) is 110 cm³/mol. The first-order valence-corrected chi connectivity index (χ1v) is 9.69. The molecule has 1 N–H and O–H groups in total. The van der Waals surface area contributed by atoms with E-state index in [1.165, 1.54) is 6.20 Å². The Morgan fingerprint density at radius 3 is 2.90 bits per heavy atom. The Kier molecular flexibility index (Phi) is 7.97. The van der Waals surface area contributed by atoms with Crippen molar-refractivity contribution in [3.05, 3.63) is 53.9 Å². The number of amides is 1. The third-order valence-electron chi connectivity index (χ3n) is 4.34. The van der Waals surface area contributed by atoms with Gasteiger partial charge in [0.15, 0.2) is 11.5 Å². The van der Waals surface area contributed by atoms with Crippen molar-refractivity contribution in [2.45, 2.75) is 6.92 Å². The zero-order valence-electron chi connectivity index (χ0n) is 16.5. The van der Waals surface area contributed by atoms with Gasteiger partial charge in [0.1, 0.15) is 6.61 Å². The van der Waals surface area contributed by atoms with Crippen LogP contribution >= 0.6 is 0 Å². The highest BCUT2D eigenvalue weighted by Gasteiger charge is 2.11. The number of rotatable bonds is 9. The molecule has 154 valence electrons. The highest BCUT2D eigenvalue weighted by atomic mass is 16.5. The predicted octanol–water partition coefficient (Wildman–Crippen LogP) is 1.96. The average Bonchev–Trinajstić information content (AvgIpc) is 2.76. The molecular weight excluding hydrogens is 372 g/mol. The fourth-order valence-electron chi connectivity index (χ4n) is 2.83. The molecule has 1 aromatic carbocycles. The van der Waals surface area contributed by atoms with Crippen LogP contribution in [0.15, 0.2) is 47.8 Å². The molecule has 0 atom stereocenters. The van der Waals surface area contributed by atoms with Crippen molar-refractivity contribution in [1.82, 2.24) is 15.3 Å². The molecule has 8 heteroatoms. The number of hydrogen-bond acceptors (Lipinski definition) is 7. The van der Waals surface area contributed by atoms with E-state index in [9.17, 15) is 4.79 Å². The summed E-state index contributed by atoms with van der Waals surface area (Å²) in [6.45, 7) is 7.28. The summed E-state index contributed by atoms with van der Waals surface area (Å²) in [5.41, 5.74) is 3.73. The number of pyridine rings is 1. The number of carbonyl (C=O) groups excluding carboxylic acids is 1. The first-order chi connectivity index (χ1) is 14.3. The van der Waals surface area contributed by atoms with Gasteiger partial charge >= 0.3 is 0 Å². The number of benzene rings is 1. The molecular formula is C21H26N4O4. The molecule has 2 heterocycles. The maximum absolute atomic E-state index is 12.0. The largest absolute Gasteiger partial charge is 0.490 e. The summed E-state index contributed by atoms with van der Waals surface area (Å²) in [5, 5.41) is 4.00. The van der Waals surface area contributed by atoms with Gasteiger partial charge in [-0.1, -0.05) is 0 Å². The van der Waals surface area contributed by atoms with Crippen molar-refractivity contribution in [2.24, 2.45) is 5.10 Å². The Hall–Kier alpha value is -2.97. The molecule has 0 unspecified atom stereocenters. The first kappa shape index (κ1) is 20.8. The monoisotopic (exact) mass is 398 g/mol. The van der Waals surface area contributed by atoms with Crippen LogP contribution in [0.1, 0.15) is 22.8 Å². The maximum atomic E-state index is 12.0. The molecule has 1 aliphatic heterocycles. The van der Waals surface area contributed by atoms with Crippen LogP contribution in [0.4, 0.5) is 0 Å². The van der Waals surface area contributed by atoms with Gasteiger partial charge in [0, 0.05) is 32.0 Å². The van der Waals surface area contributed by atoms with Crippen molar-refractivity contribution >= 4 is 12.1 Å². The second kappa shape index (κ2) is 11.1. The molecule has 0 aliphatic carbocycles. The second-order valence-electron chi connectivity index (χ2n) is 6.38. The highest BCUT2D eigenvalue weighted by molar-refractivity contribution is 5.94. The molecule has 1 aliphatic rings. The van der Waals surface area contributed by atoms with Crippen LogP contribution in [0.25, 0.3) is 0 Å². The van der Waals surface area contributed by atoms with Crippen LogP contribution in [0.3, 0.4) is 0 Å². The Bertz CT molecular complexity index is 808. The second-order valence-corrected chi connectivity index (χ2v) is 6.38. The minimum absolute atomic E-state index is 0.317. The van der Waals surface area contributed by atoms with Crippen LogP contribution in [0.2, 0.25) is 0 Å². The molecule has 1 fully saturated rings. The topological polar surface area (TPSA) is 85.3 Å². The van der Waals surface area contributed by atoms with Crippen LogP contribution in [0.5, 0.6) is 11.5 Å². The van der Waals surface area contributed by atoms with E-state index in [4.69, 9.17) is 14.2 Å². The fourth-order valence-corrected chi connectivity index (χ4v) is 2.83. The van der Waals surface area contributed by atoms with Crippen LogP contribution in [0, 0.1) is 0 Å². The number of nitrogens with zero attached hydrogens (tertiary/aromatic N) is 3. The van der Waals surface area contributed by atoms with Crippen molar-refractivity contribution in [1.29, 1.82) is 0 Å². The molecule has 3 rings (SSSR count). The zero-order valence-corrected chi connectivity index (χ0v) is 16.5. The van der Waals surface area contributed by atoms with Gasteiger partial charge in [0.05, 0.1) is 31.6 Å². The molecule has 1 aromatic heterocycles. The lowest BCUT2D eigenvalue weighted by Crippen LogP contribution is -2.38. The Morgan fingerprint density at radius 1 is 1.28 bits per heavy atom. The number of nitrogens with one attached hydrogen (secondary N) is 1. The lowest BCUT2D eigenvalue weighted by atomic mass is 10.2. The third-order valence-corrected chi connectivity index (χ3v) is 4.34. The van der Waals surface area contributed by atoms with Crippen molar-refractivity contribution in [2.75, 3.05) is 46.1 Å². The molecule has 0 bridgehead atoms. The Morgan fingerprint density at radius 2 is 2.14 bits per heavy atom. The van der Waals surface area contributed by atoms with E-state index in [1.54, 1.807) is 24.5 Å². The number of carbonyl (C=O) groups is 1. The van der Waals surface area contributed by atoms with Gasteiger partial charge in [-0.2, -0.15) is 5.10 Å². The third kappa shape index (κ3) is 6.55. The molecule has 29 heavy (non-hydrogen) atoms. The van der Waals surface area contributed by atoms with Gasteiger partial charge in [0.25, 0.3) is 5.91 Å². The van der Waals surface area contributed by atoms with Gasteiger partial charge in [-0.15, -0.1) is 0 Å². The van der Waals surface area contributed by atoms with Crippen LogP contribution < -0.4 is 14.9 Å². The smallest absolute Gasteiger partial charge is 0.272 e. The van der Waals surface area contributed by atoms with Crippen molar-refractivity contribution < 1.29 is 19.0 Å². The van der Waals surface area contributed by atoms with E-state index in [2.05, 4.69) is 20.4 Å². The average molecular weight is 398 g/mol. The summed E-state index contributed by atoms with van der Waals surface area (Å²) < 4.78 is 17.0. The van der Waals surface area contributed by atoms with Crippen molar-refractivity contribution in [3.8, 4) is 11.5 Å². The lowest BCUT2D eigenvalue weighted by molar-refractivity contribution is 0.0321. The summed E-state index contributed by atoms with van der Waals surface area (Å²) in [5.74, 6) is 1.02. The minimum atomic E-state index is -0.317. The summed E-state index contributed by atoms with van der Waals surface area (Å²) in [7, 11) is 0. The molecule has 2 aromatic rings. The van der Waals surface area contributed by atoms with Gasteiger partial charge < -0.3 is 14.2 Å². The molecule has 0 spiro atoms. The van der Waals surface area contributed by atoms with Crippen molar-refractivity contribution in [3.63, 3.8) is 0 Å². The lowest BCUT2D eigenvalue weighted by Gasteiger charge is -2.26. The van der Waals surface area contributed by atoms with Crippen LogP contribution in [-0.4, -0.2) is 68.1 Å². The van der Waals surface area contributed by atoms with Gasteiger partial charge in [0.2, 0.25) is 0 Å². The SMILES string of the molecule is CCOc1cc(C=NNC(=O)c2cccnc2)ccc1OCCN1CCOCC1. The van der Waals surface area contributed by atoms with Gasteiger partial charge in [-0.05, 0) is 42.8 Å². The summed E-state index contributed by atoms with van der Waals surface area (Å²) >= 11 is 0. The summed E-state index contributed by atoms with van der Waals surface area (Å²) in [6, 6.07) is 8.94. The quantitative estimate of drug-likeness (QED) is 0.513. The number of morpholine rings is 1. The first-order valence-electron chi connectivity index (χ1n) is 9.69. The van der Waals surface area contributed by atoms with E-state index < -0.39 is 0 Å². The normalized spacial score (nSPS) is 14.7. The zero-order chi connectivity index (χ0) is 20.3. The Labute approximate surface area is 170 Å². The van der Waals surface area contributed by atoms with E-state index in [0.29, 0.717) is 30.3 Å². The molecule has 1 saturated heterocycles. The fraction of sp³-hybridized carbons (Fsp3) is 0.381. The highest BCUT2D eigenvalue weighted by Crippen LogP contribution is 2.28. The minimum Gasteiger partial charge on any atom is -0.490 e. The molecule has 1 amide bonds. The Balaban J connectivity index is 1.55. The van der Waals surface area contributed by atoms with E-state index in [-0.39, 0.29) is 5.91 Å². The number of ether oxygens (including phenoxy) is 3. The molecule has 0 saturated carbocycles. The van der Waals surface area contributed by atoms with Crippen LogP contribution in [-0.2, 0) is 4.74 Å². The number of hydrazone groups is 1. The maximum Gasteiger partial charge on any atom is 0.272 e. The summed E-state index contributed by atoms with van der Waals surface area (Å²) in [6.07, 6.45) is 4.66.